The first-order valence-corrected chi connectivity index (χ1v) is 7.19. The fourth-order valence-electron chi connectivity index (χ4n) is 1.48. The van der Waals surface area contributed by atoms with Crippen LogP contribution in [0.15, 0.2) is 27.5 Å². The number of thiocarbonyl (C=S) groups is 1. The maximum atomic E-state index is 11.8. The van der Waals surface area contributed by atoms with Gasteiger partial charge in [0.25, 0.3) is 0 Å². The van der Waals surface area contributed by atoms with Crippen LogP contribution in [0.5, 0.6) is 0 Å². The van der Waals surface area contributed by atoms with Crippen LogP contribution in [0.3, 0.4) is 0 Å². The highest BCUT2D eigenvalue weighted by molar-refractivity contribution is 9.10. The zero-order chi connectivity index (χ0) is 12.4. The molecule has 1 heterocycles. The molecule has 0 spiro atoms. The van der Waals surface area contributed by atoms with Crippen LogP contribution < -0.4 is 4.87 Å². The molecule has 0 N–H and O–H groups in total. The molecule has 0 radical (unpaired) electrons. The third-order valence-electron chi connectivity index (χ3n) is 2.17. The van der Waals surface area contributed by atoms with Crippen molar-refractivity contribution in [3.05, 3.63) is 32.3 Å². The molecule has 0 aliphatic carbocycles. The number of thiazole rings is 1. The van der Waals surface area contributed by atoms with E-state index in [1.54, 1.807) is 4.57 Å². The predicted molar refractivity (Wildman–Crippen MR) is 81.3 cm³/mol. The number of ether oxygens (including phenoxy) is 1. The molecule has 2 aromatic rings. The predicted octanol–water partition coefficient (Wildman–Crippen LogP) is 3.06. The summed E-state index contributed by atoms with van der Waals surface area (Å²) in [5, 5.41) is 0. The first kappa shape index (κ1) is 13.1. The van der Waals surface area contributed by atoms with Crippen LogP contribution in [0.1, 0.15) is 0 Å². The molecule has 0 saturated heterocycles. The quantitative estimate of drug-likeness (QED) is 0.682. The summed E-state index contributed by atoms with van der Waals surface area (Å²) in [6.45, 7) is 0.825. The van der Waals surface area contributed by atoms with Gasteiger partial charge in [0.1, 0.15) is 6.61 Å². The Kier molecular flexibility index (Phi) is 4.24. The molecule has 2 rings (SSSR count). The highest BCUT2D eigenvalue weighted by Crippen LogP contribution is 2.21. The number of nitrogens with zero attached hydrogens (tertiary/aromatic N) is 1. The van der Waals surface area contributed by atoms with Crippen molar-refractivity contribution in [1.29, 1.82) is 0 Å². The lowest BCUT2D eigenvalue weighted by Gasteiger charge is -2.04. The summed E-state index contributed by atoms with van der Waals surface area (Å²) in [5.74, 6) is 0. The van der Waals surface area contributed by atoms with Crippen molar-refractivity contribution >= 4 is 66.7 Å². The van der Waals surface area contributed by atoms with Gasteiger partial charge in [-0.3, -0.25) is 9.36 Å². The van der Waals surface area contributed by atoms with Gasteiger partial charge >= 0.3 is 4.87 Å². The Hall–Kier alpha value is -0.370. The standard InChI is InChI=1S/C10H8BrNO2S3/c11-6-1-2-7-8(5-6)17-9(13)12(7)3-4-14-10(15)16/h1-2,5H,3-4H2,(H,15,16). The van der Waals surface area contributed by atoms with Gasteiger partial charge in [0, 0.05) is 4.47 Å². The van der Waals surface area contributed by atoms with Crippen molar-refractivity contribution in [3.8, 4) is 0 Å². The van der Waals surface area contributed by atoms with Gasteiger partial charge in [-0.2, -0.15) is 0 Å². The van der Waals surface area contributed by atoms with E-state index in [0.29, 0.717) is 13.2 Å². The normalized spacial score (nSPS) is 10.7. The smallest absolute Gasteiger partial charge is 0.308 e. The van der Waals surface area contributed by atoms with Crippen LogP contribution in [0.2, 0.25) is 0 Å². The monoisotopic (exact) mass is 349 g/mol. The zero-order valence-electron chi connectivity index (χ0n) is 8.55. The van der Waals surface area contributed by atoms with Crippen molar-refractivity contribution < 1.29 is 4.74 Å². The van der Waals surface area contributed by atoms with E-state index >= 15 is 0 Å². The molecule has 0 aliphatic heterocycles. The lowest BCUT2D eigenvalue weighted by molar-refractivity contribution is 0.303. The summed E-state index contributed by atoms with van der Waals surface area (Å²) in [6.07, 6.45) is 0. The summed E-state index contributed by atoms with van der Waals surface area (Å²) in [7, 11) is 0. The molecule has 0 aliphatic rings. The second kappa shape index (κ2) is 5.51. The van der Waals surface area contributed by atoms with E-state index in [1.807, 2.05) is 18.2 Å². The molecule has 1 aromatic carbocycles. The summed E-state index contributed by atoms with van der Waals surface area (Å²) in [5.41, 5.74) is 0.914. The van der Waals surface area contributed by atoms with Gasteiger partial charge < -0.3 is 4.74 Å². The minimum atomic E-state index is 0.00628. The first-order chi connectivity index (χ1) is 8.08. The lowest BCUT2D eigenvalue weighted by atomic mass is 10.3. The van der Waals surface area contributed by atoms with Crippen LogP contribution in [0, 0.1) is 0 Å². The molecule has 0 saturated carbocycles. The van der Waals surface area contributed by atoms with Crippen molar-refractivity contribution in [2.45, 2.75) is 6.54 Å². The second-order valence-electron chi connectivity index (χ2n) is 3.25. The number of fused-ring (bicyclic) bond motifs is 1. The number of aromatic nitrogens is 1. The third kappa shape index (κ3) is 3.09. The summed E-state index contributed by atoms with van der Waals surface area (Å²) in [4.78, 5) is 11.8. The van der Waals surface area contributed by atoms with E-state index in [1.165, 1.54) is 11.3 Å². The van der Waals surface area contributed by atoms with E-state index in [-0.39, 0.29) is 9.26 Å². The van der Waals surface area contributed by atoms with Crippen LogP contribution in [0.25, 0.3) is 10.2 Å². The van der Waals surface area contributed by atoms with Crippen molar-refractivity contribution in [1.82, 2.24) is 4.57 Å². The molecule has 17 heavy (non-hydrogen) atoms. The maximum Gasteiger partial charge on any atom is 0.308 e. The molecule has 0 unspecified atom stereocenters. The third-order valence-corrected chi connectivity index (χ3v) is 3.85. The topological polar surface area (TPSA) is 31.2 Å². The fraction of sp³-hybridized carbons (Fsp3) is 0.200. The summed E-state index contributed by atoms with van der Waals surface area (Å²) >= 11 is 13.2. The molecule has 1 aromatic heterocycles. The van der Waals surface area contributed by atoms with Crippen LogP contribution in [-0.2, 0) is 11.3 Å². The number of benzene rings is 1. The van der Waals surface area contributed by atoms with Gasteiger partial charge in [-0.25, -0.2) is 0 Å². The molecule has 0 fully saturated rings. The Balaban J connectivity index is 2.30. The van der Waals surface area contributed by atoms with E-state index < -0.39 is 0 Å². The Morgan fingerprint density at radius 3 is 3.06 bits per heavy atom. The van der Waals surface area contributed by atoms with E-state index in [9.17, 15) is 4.79 Å². The van der Waals surface area contributed by atoms with Gasteiger partial charge in [0.05, 0.1) is 16.8 Å². The van der Waals surface area contributed by atoms with Gasteiger partial charge in [-0.1, -0.05) is 39.9 Å². The Morgan fingerprint density at radius 1 is 1.59 bits per heavy atom. The summed E-state index contributed by atoms with van der Waals surface area (Å²) in [6, 6.07) is 5.76. The van der Waals surface area contributed by atoms with E-state index in [4.69, 9.17) is 4.74 Å². The molecular weight excluding hydrogens is 342 g/mol. The van der Waals surface area contributed by atoms with E-state index in [0.717, 1.165) is 14.7 Å². The molecule has 0 amide bonds. The first-order valence-electron chi connectivity index (χ1n) is 4.72. The van der Waals surface area contributed by atoms with Gasteiger partial charge in [0.15, 0.2) is 0 Å². The zero-order valence-corrected chi connectivity index (χ0v) is 12.7. The van der Waals surface area contributed by atoms with Crippen molar-refractivity contribution in [2.75, 3.05) is 6.61 Å². The molecule has 7 heteroatoms. The largest absolute Gasteiger partial charge is 0.477 e. The number of thiol groups is 1. The second-order valence-corrected chi connectivity index (χ2v) is 6.23. The van der Waals surface area contributed by atoms with Gasteiger partial charge in [-0.15, -0.1) is 0 Å². The Morgan fingerprint density at radius 2 is 2.35 bits per heavy atom. The van der Waals surface area contributed by atoms with Crippen molar-refractivity contribution in [2.24, 2.45) is 0 Å². The van der Waals surface area contributed by atoms with Crippen LogP contribution in [-0.4, -0.2) is 15.6 Å². The van der Waals surface area contributed by atoms with Gasteiger partial charge in [-0.05, 0) is 30.4 Å². The maximum absolute atomic E-state index is 11.8. The van der Waals surface area contributed by atoms with Gasteiger partial charge in [0.2, 0.25) is 4.38 Å². The fourth-order valence-corrected chi connectivity index (χ4v) is 3.12. The van der Waals surface area contributed by atoms with Crippen molar-refractivity contribution in [3.63, 3.8) is 0 Å². The molecular formula is C10H8BrNO2S3. The number of halogens is 1. The summed E-state index contributed by atoms with van der Waals surface area (Å²) < 4.78 is 8.87. The molecule has 0 bridgehead atoms. The molecule has 90 valence electrons. The molecule has 3 nitrogen and oxygen atoms in total. The SMILES string of the molecule is O=c1sc2cc(Br)ccc2n1CCOC(=S)S. The number of hydrogen-bond donors (Lipinski definition) is 1. The highest BCUT2D eigenvalue weighted by Gasteiger charge is 2.07. The molecule has 0 atom stereocenters. The minimum Gasteiger partial charge on any atom is -0.477 e. The average Bonchev–Trinajstić information content (AvgIpc) is 2.54. The van der Waals surface area contributed by atoms with Crippen LogP contribution >= 0.6 is 52.1 Å². The number of rotatable bonds is 3. The average molecular weight is 350 g/mol. The van der Waals surface area contributed by atoms with E-state index in [2.05, 4.69) is 40.8 Å². The Bertz CT molecular complexity index is 620. The van der Waals surface area contributed by atoms with Crippen LogP contribution in [0.4, 0.5) is 0 Å². The minimum absolute atomic E-state index is 0.00628. The highest BCUT2D eigenvalue weighted by atomic mass is 79.9. The Labute approximate surface area is 121 Å². The number of hydrogen-bond acceptors (Lipinski definition) is 4. The lowest BCUT2D eigenvalue weighted by Crippen LogP contribution is -2.16.